The summed E-state index contributed by atoms with van der Waals surface area (Å²) in [7, 11) is 1.31. The van der Waals surface area contributed by atoms with Crippen LogP contribution in [-0.4, -0.2) is 37.5 Å². The molecule has 38 heavy (non-hydrogen) atoms. The van der Waals surface area contributed by atoms with Gasteiger partial charge < -0.3 is 18.9 Å². The van der Waals surface area contributed by atoms with Crippen LogP contribution in [0.2, 0.25) is 0 Å². The molecule has 3 aromatic rings. The summed E-state index contributed by atoms with van der Waals surface area (Å²) in [5.74, 6) is 1.40. The quantitative estimate of drug-likeness (QED) is 0.237. The molecule has 1 aliphatic heterocycles. The first-order valence-electron chi connectivity index (χ1n) is 11.9. The number of hydrogen-bond acceptors (Lipinski definition) is 8. The van der Waals surface area contributed by atoms with Gasteiger partial charge in [-0.1, -0.05) is 17.4 Å². The van der Waals surface area contributed by atoms with Gasteiger partial charge in [-0.15, -0.1) is 0 Å². The van der Waals surface area contributed by atoms with Crippen molar-refractivity contribution in [3.8, 4) is 17.2 Å². The Bertz CT molecular complexity index is 1550. The number of halogens is 2. The van der Waals surface area contributed by atoms with Crippen LogP contribution in [0.3, 0.4) is 0 Å². The molecule has 0 saturated heterocycles. The second-order valence-corrected chi connectivity index (χ2v) is 11.3. The minimum atomic E-state index is -0.740. The summed E-state index contributed by atoms with van der Waals surface area (Å²) in [6, 6.07) is 8.63. The molecule has 0 saturated carbocycles. The number of carbonyl (C=O) groups is 1. The Balaban J connectivity index is 1.88. The summed E-state index contributed by atoms with van der Waals surface area (Å²) in [6.07, 6.45) is 3.32. The molecule has 2 aromatic carbocycles. The zero-order valence-corrected chi connectivity index (χ0v) is 26.4. The molecular weight excluding hydrogens is 734 g/mol. The number of methoxy groups -OCH3 is 1. The van der Waals surface area contributed by atoms with E-state index in [4.69, 9.17) is 18.9 Å². The predicted octanol–water partition coefficient (Wildman–Crippen LogP) is 4.42. The van der Waals surface area contributed by atoms with Crippen LogP contribution in [0.15, 0.2) is 51.9 Å². The Morgan fingerprint density at radius 3 is 2.32 bits per heavy atom. The number of aromatic nitrogens is 1. The van der Waals surface area contributed by atoms with Crippen LogP contribution in [-0.2, 0) is 9.53 Å². The van der Waals surface area contributed by atoms with E-state index in [1.807, 2.05) is 45.0 Å². The van der Waals surface area contributed by atoms with Gasteiger partial charge in [0.05, 0.1) is 50.2 Å². The molecule has 1 atom stereocenters. The van der Waals surface area contributed by atoms with E-state index in [-0.39, 0.29) is 11.1 Å². The van der Waals surface area contributed by atoms with Crippen molar-refractivity contribution in [3.05, 3.63) is 80.1 Å². The van der Waals surface area contributed by atoms with Crippen LogP contribution in [0, 0.1) is 7.14 Å². The van der Waals surface area contributed by atoms with Gasteiger partial charge in [-0.3, -0.25) is 9.36 Å². The van der Waals surface area contributed by atoms with Crippen LogP contribution in [0.4, 0.5) is 0 Å². The lowest BCUT2D eigenvalue weighted by Gasteiger charge is -2.23. The molecule has 0 bridgehead atoms. The molecule has 4 rings (SSSR count). The number of hydrogen-bond donors (Lipinski definition) is 0. The monoisotopic (exact) mass is 760 g/mol. The minimum Gasteiger partial charge on any atom is -0.492 e. The summed E-state index contributed by atoms with van der Waals surface area (Å²) in [5.41, 5.74) is 1.56. The SMILES string of the molecule is CCOc1ccc([C@@H]2C(C(=O)OC)=CN=c3s/c(=C\c4cc(I)c(OCC)c(I)c4)c(=O)n32)cc1OCC. The van der Waals surface area contributed by atoms with Crippen molar-refractivity contribution in [3.63, 3.8) is 0 Å². The van der Waals surface area contributed by atoms with E-state index >= 15 is 0 Å². The zero-order valence-electron chi connectivity index (χ0n) is 21.2. The molecule has 0 spiro atoms. The first kappa shape index (κ1) is 28.6. The van der Waals surface area contributed by atoms with Gasteiger partial charge in [-0.05, 0) is 107 Å². The topological polar surface area (TPSA) is 88.4 Å². The van der Waals surface area contributed by atoms with Crippen LogP contribution >= 0.6 is 56.5 Å². The summed E-state index contributed by atoms with van der Waals surface area (Å²) < 4.78 is 26.2. The molecule has 0 radical (unpaired) electrons. The maximum Gasteiger partial charge on any atom is 0.337 e. The lowest BCUT2D eigenvalue weighted by molar-refractivity contribution is -0.136. The smallest absolute Gasteiger partial charge is 0.337 e. The highest BCUT2D eigenvalue weighted by molar-refractivity contribution is 14.1. The number of ether oxygens (including phenoxy) is 4. The first-order valence-corrected chi connectivity index (χ1v) is 14.9. The average molecular weight is 760 g/mol. The van der Waals surface area contributed by atoms with Crippen molar-refractivity contribution in [2.75, 3.05) is 26.9 Å². The molecule has 11 heteroatoms. The molecule has 1 aromatic heterocycles. The van der Waals surface area contributed by atoms with Crippen molar-refractivity contribution in [1.29, 1.82) is 0 Å². The fraction of sp³-hybridized carbons (Fsp3) is 0.296. The third-order valence-electron chi connectivity index (χ3n) is 5.62. The summed E-state index contributed by atoms with van der Waals surface area (Å²) in [4.78, 5) is 31.5. The summed E-state index contributed by atoms with van der Waals surface area (Å²) in [5, 5.41) is 0. The third kappa shape index (κ3) is 5.78. The number of fused-ring (bicyclic) bond motifs is 1. The second kappa shape index (κ2) is 12.6. The highest BCUT2D eigenvalue weighted by Gasteiger charge is 2.31. The number of carbonyl (C=O) groups excluding carboxylic acids is 1. The normalized spacial score (nSPS) is 14.8. The lowest BCUT2D eigenvalue weighted by Crippen LogP contribution is -2.39. The van der Waals surface area contributed by atoms with E-state index in [1.54, 1.807) is 16.7 Å². The summed E-state index contributed by atoms with van der Waals surface area (Å²) in [6.45, 7) is 7.21. The molecule has 2 heterocycles. The first-order chi connectivity index (χ1) is 18.3. The van der Waals surface area contributed by atoms with Crippen LogP contribution < -0.4 is 29.1 Å². The van der Waals surface area contributed by atoms with Gasteiger partial charge >= 0.3 is 5.97 Å². The lowest BCUT2D eigenvalue weighted by atomic mass is 9.97. The average Bonchev–Trinajstić information content (AvgIpc) is 3.21. The van der Waals surface area contributed by atoms with Crippen molar-refractivity contribution in [1.82, 2.24) is 4.57 Å². The maximum atomic E-state index is 13.8. The molecule has 8 nitrogen and oxygen atoms in total. The number of rotatable bonds is 9. The Morgan fingerprint density at radius 1 is 1.03 bits per heavy atom. The van der Waals surface area contributed by atoms with Gasteiger partial charge in [-0.25, -0.2) is 9.79 Å². The standard InChI is InChI=1S/C27H26I2N2O6S/c1-5-35-20-9-8-16(13-21(20)36-6-2)23-17(26(33)34-4)14-30-27-31(23)25(32)22(38-27)12-15-10-18(28)24(37-7-3)19(29)11-15/h8-14,23H,5-7H2,1-4H3/b22-12-/t23-/m1/s1. The summed E-state index contributed by atoms with van der Waals surface area (Å²) >= 11 is 5.74. The second-order valence-electron chi connectivity index (χ2n) is 7.99. The molecule has 0 amide bonds. The predicted molar refractivity (Wildman–Crippen MR) is 163 cm³/mol. The Morgan fingerprint density at radius 2 is 1.68 bits per heavy atom. The van der Waals surface area contributed by atoms with Crippen molar-refractivity contribution >= 4 is 68.6 Å². The Kier molecular flexibility index (Phi) is 9.52. The van der Waals surface area contributed by atoms with Crippen molar-refractivity contribution in [2.24, 2.45) is 4.99 Å². The molecule has 0 fully saturated rings. The van der Waals surface area contributed by atoms with Gasteiger partial charge in [0.2, 0.25) is 0 Å². The van der Waals surface area contributed by atoms with Gasteiger partial charge in [-0.2, -0.15) is 0 Å². The molecule has 1 aliphatic rings. The Hall–Kier alpha value is -2.39. The van der Waals surface area contributed by atoms with E-state index < -0.39 is 12.0 Å². The highest BCUT2D eigenvalue weighted by Crippen LogP contribution is 2.35. The number of esters is 1. The van der Waals surface area contributed by atoms with Crippen LogP contribution in [0.25, 0.3) is 6.08 Å². The van der Waals surface area contributed by atoms with Gasteiger partial charge in [0.25, 0.3) is 5.56 Å². The van der Waals surface area contributed by atoms with Gasteiger partial charge in [0, 0.05) is 6.20 Å². The number of benzene rings is 2. The number of nitrogens with zero attached hydrogens (tertiary/aromatic N) is 2. The third-order valence-corrected chi connectivity index (χ3v) is 8.21. The fourth-order valence-corrected chi connectivity index (χ4v) is 7.18. The molecule has 0 unspecified atom stereocenters. The van der Waals surface area contributed by atoms with E-state index in [0.717, 1.165) is 18.5 Å². The fourth-order valence-electron chi connectivity index (χ4n) is 4.08. The molecule has 200 valence electrons. The minimum absolute atomic E-state index is 0.251. The van der Waals surface area contributed by atoms with Gasteiger partial charge in [0.15, 0.2) is 16.3 Å². The molecular formula is C27H26I2N2O6S. The van der Waals surface area contributed by atoms with E-state index in [1.165, 1.54) is 24.6 Å². The maximum absolute atomic E-state index is 13.8. The van der Waals surface area contributed by atoms with Crippen molar-refractivity contribution < 1.29 is 23.7 Å². The van der Waals surface area contributed by atoms with Crippen LogP contribution in [0.5, 0.6) is 17.2 Å². The molecule has 0 aliphatic carbocycles. The largest absolute Gasteiger partial charge is 0.492 e. The van der Waals surface area contributed by atoms with E-state index in [0.29, 0.717) is 46.2 Å². The highest BCUT2D eigenvalue weighted by atomic mass is 127. The van der Waals surface area contributed by atoms with Crippen molar-refractivity contribution in [2.45, 2.75) is 26.8 Å². The van der Waals surface area contributed by atoms with E-state index in [2.05, 4.69) is 50.2 Å². The van der Waals surface area contributed by atoms with Gasteiger partial charge in [0.1, 0.15) is 5.75 Å². The zero-order chi connectivity index (χ0) is 27.4. The molecule has 0 N–H and O–H groups in total. The van der Waals surface area contributed by atoms with E-state index in [9.17, 15) is 9.59 Å². The van der Waals surface area contributed by atoms with Crippen LogP contribution in [0.1, 0.15) is 37.9 Å². The number of thiazole rings is 1. The Labute approximate surface area is 251 Å².